The van der Waals surface area contributed by atoms with Gasteiger partial charge in [0.2, 0.25) is 5.91 Å². The third-order valence-corrected chi connectivity index (χ3v) is 6.55. The maximum atomic E-state index is 13.5. The Morgan fingerprint density at radius 3 is 2.31 bits per heavy atom. The van der Waals surface area contributed by atoms with Crippen LogP contribution in [0.25, 0.3) is 0 Å². The minimum absolute atomic E-state index is 0.00273. The molecule has 1 aromatic rings. The van der Waals surface area contributed by atoms with Gasteiger partial charge in [-0.3, -0.25) is 4.79 Å². The molecular weight excluding hydrogens is 326 g/mol. The van der Waals surface area contributed by atoms with Crippen LogP contribution in [0.2, 0.25) is 0 Å². The normalized spacial score (nSPS) is 22.9. The van der Waals surface area contributed by atoms with Crippen molar-refractivity contribution < 1.29 is 9.53 Å². The molecule has 26 heavy (non-hydrogen) atoms. The third-order valence-electron chi connectivity index (χ3n) is 6.55. The number of carbonyl (C=O) groups is 1. The van der Waals surface area contributed by atoms with E-state index in [0.717, 1.165) is 57.6 Å². The molecule has 5 nitrogen and oxygen atoms in total. The van der Waals surface area contributed by atoms with Gasteiger partial charge in [-0.25, -0.2) is 0 Å². The van der Waals surface area contributed by atoms with Crippen LogP contribution in [-0.2, 0) is 14.9 Å². The van der Waals surface area contributed by atoms with Gasteiger partial charge in [-0.05, 0) is 65.5 Å². The van der Waals surface area contributed by atoms with Gasteiger partial charge >= 0.3 is 0 Å². The summed E-state index contributed by atoms with van der Waals surface area (Å²) in [6.07, 6.45) is 3.66. The largest absolute Gasteiger partial charge is 0.381 e. The number of piperidine rings is 1. The Hall–Kier alpha value is -1.43. The molecule has 0 aromatic heterocycles. The molecule has 2 aliphatic heterocycles. The van der Waals surface area contributed by atoms with Crippen LogP contribution < -0.4 is 5.32 Å². The number of amides is 1. The first-order chi connectivity index (χ1) is 12.5. The quantitative estimate of drug-likeness (QED) is 0.872. The van der Waals surface area contributed by atoms with E-state index in [-0.39, 0.29) is 11.4 Å². The van der Waals surface area contributed by atoms with Crippen LogP contribution in [0.4, 0.5) is 0 Å². The van der Waals surface area contributed by atoms with Crippen molar-refractivity contribution in [2.75, 3.05) is 54.0 Å². The molecule has 0 aliphatic carbocycles. The van der Waals surface area contributed by atoms with E-state index in [4.69, 9.17) is 4.74 Å². The van der Waals surface area contributed by atoms with E-state index in [0.29, 0.717) is 6.54 Å². The highest BCUT2D eigenvalue weighted by atomic mass is 16.5. The van der Waals surface area contributed by atoms with Crippen LogP contribution in [0.5, 0.6) is 0 Å². The number of likely N-dealkylation sites (N-methyl/N-ethyl adjacent to an activating group) is 1. The summed E-state index contributed by atoms with van der Waals surface area (Å²) < 4.78 is 5.55. The molecule has 2 aliphatic rings. The van der Waals surface area contributed by atoms with Gasteiger partial charge in [0.1, 0.15) is 0 Å². The fourth-order valence-corrected chi connectivity index (χ4v) is 4.35. The van der Waals surface area contributed by atoms with E-state index in [2.05, 4.69) is 48.4 Å². The fraction of sp³-hybridized carbons (Fsp3) is 0.667. The summed E-state index contributed by atoms with van der Waals surface area (Å²) in [6.45, 7) is 4.13. The maximum absolute atomic E-state index is 13.5. The number of likely N-dealkylation sites (tertiary alicyclic amines) is 1. The summed E-state index contributed by atoms with van der Waals surface area (Å²) in [4.78, 5) is 18.0. The van der Waals surface area contributed by atoms with E-state index < -0.39 is 5.41 Å². The molecule has 2 fully saturated rings. The Morgan fingerprint density at radius 2 is 1.73 bits per heavy atom. The van der Waals surface area contributed by atoms with E-state index in [9.17, 15) is 4.79 Å². The first kappa shape index (κ1) is 19.3. The lowest BCUT2D eigenvalue weighted by Gasteiger charge is -2.45. The number of nitrogens with one attached hydrogen (secondary N) is 1. The van der Waals surface area contributed by atoms with Crippen molar-refractivity contribution in [3.8, 4) is 0 Å². The maximum Gasteiger partial charge on any atom is 0.230 e. The zero-order valence-corrected chi connectivity index (χ0v) is 16.5. The lowest BCUT2D eigenvalue weighted by Crippen LogP contribution is -2.59. The fourth-order valence-electron chi connectivity index (χ4n) is 4.35. The number of benzene rings is 1. The summed E-state index contributed by atoms with van der Waals surface area (Å²) in [5.41, 5.74) is 0.737. The van der Waals surface area contributed by atoms with Crippen LogP contribution in [0, 0.1) is 0 Å². The molecule has 0 radical (unpaired) electrons. The zero-order valence-electron chi connectivity index (χ0n) is 16.5. The first-order valence-electron chi connectivity index (χ1n) is 9.76. The van der Waals surface area contributed by atoms with Crippen LogP contribution in [-0.4, -0.2) is 75.2 Å². The monoisotopic (exact) mass is 359 g/mol. The van der Waals surface area contributed by atoms with Crippen LogP contribution >= 0.6 is 0 Å². The topological polar surface area (TPSA) is 44.8 Å². The number of hydrogen-bond acceptors (Lipinski definition) is 4. The van der Waals surface area contributed by atoms with Gasteiger partial charge in [-0.15, -0.1) is 0 Å². The van der Waals surface area contributed by atoms with Crippen molar-refractivity contribution in [3.63, 3.8) is 0 Å². The molecule has 0 spiro atoms. The molecule has 1 amide bonds. The zero-order chi connectivity index (χ0) is 18.6. The van der Waals surface area contributed by atoms with Crippen molar-refractivity contribution in [1.82, 2.24) is 15.1 Å². The Labute approximate surface area is 157 Å². The molecule has 0 atom stereocenters. The molecule has 1 aromatic carbocycles. The molecule has 0 saturated carbocycles. The van der Waals surface area contributed by atoms with Gasteiger partial charge in [-0.1, -0.05) is 30.3 Å². The highest BCUT2D eigenvalue weighted by Crippen LogP contribution is 2.36. The summed E-state index contributed by atoms with van der Waals surface area (Å²) in [5, 5.41) is 3.34. The highest BCUT2D eigenvalue weighted by molar-refractivity contribution is 5.88. The van der Waals surface area contributed by atoms with Gasteiger partial charge in [0.15, 0.2) is 0 Å². The van der Waals surface area contributed by atoms with Crippen molar-refractivity contribution in [2.45, 2.75) is 36.6 Å². The van der Waals surface area contributed by atoms with Crippen molar-refractivity contribution >= 4 is 5.91 Å². The number of carbonyl (C=O) groups excluding carboxylic acids is 1. The third kappa shape index (κ3) is 3.80. The Morgan fingerprint density at radius 1 is 1.12 bits per heavy atom. The van der Waals surface area contributed by atoms with Crippen LogP contribution in [0.15, 0.2) is 30.3 Å². The van der Waals surface area contributed by atoms with E-state index in [1.807, 2.05) is 18.2 Å². The summed E-state index contributed by atoms with van der Waals surface area (Å²) in [6, 6.07) is 10.3. The minimum Gasteiger partial charge on any atom is -0.381 e. The Kier molecular flexibility index (Phi) is 6.00. The highest BCUT2D eigenvalue weighted by Gasteiger charge is 2.43. The standard InChI is InChI=1S/C21H33N3O2/c1-23(2)20(11-15-26-16-12-20)17-22-19(25)21(9-13-24(3)14-10-21)18-7-5-4-6-8-18/h4-8H,9-17H2,1-3H3,(H,22,25). The second-order valence-corrected chi connectivity index (χ2v) is 8.17. The first-order valence-corrected chi connectivity index (χ1v) is 9.76. The van der Waals surface area contributed by atoms with Crippen LogP contribution in [0.3, 0.4) is 0 Å². The predicted molar refractivity (Wildman–Crippen MR) is 104 cm³/mol. The molecule has 1 N–H and O–H groups in total. The summed E-state index contributed by atoms with van der Waals surface area (Å²) in [7, 11) is 6.36. The molecule has 5 heteroatoms. The van der Waals surface area contributed by atoms with E-state index >= 15 is 0 Å². The van der Waals surface area contributed by atoms with Crippen LogP contribution in [0.1, 0.15) is 31.2 Å². The van der Waals surface area contributed by atoms with Gasteiger partial charge in [-0.2, -0.15) is 0 Å². The Bertz CT molecular complexity index is 589. The lowest BCUT2D eigenvalue weighted by atomic mass is 9.72. The number of nitrogens with zero attached hydrogens (tertiary/aromatic N) is 2. The van der Waals surface area contributed by atoms with E-state index in [1.54, 1.807) is 0 Å². The number of rotatable bonds is 5. The number of hydrogen-bond donors (Lipinski definition) is 1. The molecule has 144 valence electrons. The second-order valence-electron chi connectivity index (χ2n) is 8.17. The molecule has 2 saturated heterocycles. The van der Waals surface area contributed by atoms with Crippen molar-refractivity contribution in [3.05, 3.63) is 35.9 Å². The summed E-state index contributed by atoms with van der Waals surface area (Å²) in [5.74, 6) is 0.185. The van der Waals surface area contributed by atoms with E-state index in [1.165, 1.54) is 0 Å². The van der Waals surface area contributed by atoms with Gasteiger partial charge in [0.05, 0.1) is 5.41 Å². The molecule has 0 bridgehead atoms. The number of ether oxygens (including phenoxy) is 1. The lowest BCUT2D eigenvalue weighted by molar-refractivity contribution is -0.129. The average Bonchev–Trinajstić information content (AvgIpc) is 2.68. The smallest absolute Gasteiger partial charge is 0.230 e. The Balaban J connectivity index is 1.78. The molecule has 0 unspecified atom stereocenters. The minimum atomic E-state index is -0.410. The van der Waals surface area contributed by atoms with Crippen molar-refractivity contribution in [2.24, 2.45) is 0 Å². The predicted octanol–water partition coefficient (Wildman–Crippen LogP) is 1.88. The molecule has 2 heterocycles. The van der Waals surface area contributed by atoms with Crippen molar-refractivity contribution in [1.29, 1.82) is 0 Å². The second kappa shape index (κ2) is 8.07. The average molecular weight is 360 g/mol. The molecule has 3 rings (SSSR count). The SMILES string of the molecule is CN1CCC(C(=O)NCC2(N(C)C)CCOCC2)(c2ccccc2)CC1. The van der Waals surface area contributed by atoms with Gasteiger partial charge in [0, 0.05) is 25.3 Å². The van der Waals surface area contributed by atoms with Gasteiger partial charge in [0.25, 0.3) is 0 Å². The molecular formula is C21H33N3O2. The van der Waals surface area contributed by atoms with Gasteiger partial charge < -0.3 is 19.9 Å². The summed E-state index contributed by atoms with van der Waals surface area (Å²) >= 11 is 0.